The van der Waals surface area contributed by atoms with E-state index in [4.69, 9.17) is 0 Å². The highest BCUT2D eigenvalue weighted by Crippen LogP contribution is 2.27. The van der Waals surface area contributed by atoms with Gasteiger partial charge in [0.2, 0.25) is 0 Å². The van der Waals surface area contributed by atoms with E-state index in [1.807, 2.05) is 0 Å². The van der Waals surface area contributed by atoms with Crippen LogP contribution in [0.15, 0.2) is 0 Å². The van der Waals surface area contributed by atoms with Crippen molar-refractivity contribution in [3.63, 3.8) is 0 Å². The molecule has 0 radical (unpaired) electrons. The third kappa shape index (κ3) is 3.43. The molecule has 3 heteroatoms. The maximum atomic E-state index is 10.1. The molecule has 3 unspecified atom stereocenters. The van der Waals surface area contributed by atoms with E-state index in [9.17, 15) is 5.11 Å². The van der Waals surface area contributed by atoms with E-state index in [-0.39, 0.29) is 6.10 Å². The van der Waals surface area contributed by atoms with Crippen molar-refractivity contribution in [1.82, 2.24) is 10.2 Å². The van der Waals surface area contributed by atoms with Crippen LogP contribution in [0.4, 0.5) is 0 Å². The van der Waals surface area contributed by atoms with Gasteiger partial charge in [0.15, 0.2) is 0 Å². The highest BCUT2D eigenvalue weighted by atomic mass is 16.3. The predicted octanol–water partition coefficient (Wildman–Crippen LogP) is 1.61. The summed E-state index contributed by atoms with van der Waals surface area (Å²) in [6, 6.07) is 0.964. The minimum Gasteiger partial charge on any atom is -0.391 e. The van der Waals surface area contributed by atoms with E-state index in [1.54, 1.807) is 0 Å². The molecular weight excluding hydrogens is 212 g/mol. The van der Waals surface area contributed by atoms with Crippen molar-refractivity contribution in [3.05, 3.63) is 0 Å². The molecule has 2 aliphatic rings. The van der Waals surface area contributed by atoms with Crippen molar-refractivity contribution >= 4 is 0 Å². The van der Waals surface area contributed by atoms with Crippen LogP contribution >= 0.6 is 0 Å². The zero-order valence-electron chi connectivity index (χ0n) is 11.4. The molecule has 0 aromatic carbocycles. The molecule has 0 aromatic rings. The number of hydrogen-bond donors (Lipinski definition) is 2. The maximum Gasteiger partial charge on any atom is 0.0695 e. The zero-order chi connectivity index (χ0) is 12.3. The molecule has 0 aromatic heterocycles. The van der Waals surface area contributed by atoms with Crippen LogP contribution in [-0.2, 0) is 0 Å². The average Bonchev–Trinajstić information content (AvgIpc) is 2.73. The van der Waals surface area contributed by atoms with Crippen molar-refractivity contribution in [2.24, 2.45) is 5.92 Å². The number of aliphatic hydroxyl groups excluding tert-OH is 1. The molecule has 3 atom stereocenters. The number of nitrogens with one attached hydrogen (secondary N) is 1. The molecule has 1 heterocycles. The van der Waals surface area contributed by atoms with Crippen molar-refractivity contribution in [2.45, 2.75) is 64.1 Å². The van der Waals surface area contributed by atoms with E-state index in [1.165, 1.54) is 32.2 Å². The molecule has 0 spiro atoms. The molecule has 17 heavy (non-hydrogen) atoms. The molecule has 3 nitrogen and oxygen atoms in total. The van der Waals surface area contributed by atoms with Gasteiger partial charge in [-0.2, -0.15) is 0 Å². The third-order valence-corrected chi connectivity index (χ3v) is 4.40. The van der Waals surface area contributed by atoms with E-state index < -0.39 is 0 Å². The van der Waals surface area contributed by atoms with Crippen molar-refractivity contribution in [2.75, 3.05) is 19.6 Å². The van der Waals surface area contributed by atoms with Gasteiger partial charge < -0.3 is 10.4 Å². The topological polar surface area (TPSA) is 35.5 Å². The summed E-state index contributed by atoms with van der Waals surface area (Å²) in [5.41, 5.74) is 0. The van der Waals surface area contributed by atoms with Crippen LogP contribution in [0.25, 0.3) is 0 Å². The van der Waals surface area contributed by atoms with E-state index in [0.717, 1.165) is 25.4 Å². The maximum absolute atomic E-state index is 10.1. The minimum absolute atomic E-state index is 0.0889. The van der Waals surface area contributed by atoms with E-state index in [0.29, 0.717) is 12.1 Å². The predicted molar refractivity (Wildman–Crippen MR) is 71.1 cm³/mol. The van der Waals surface area contributed by atoms with Gasteiger partial charge in [0.05, 0.1) is 6.10 Å². The SMILES string of the molecule is CC(C)N(CC1CCCNC1)C1CCCC1O. The number of rotatable bonds is 4. The highest BCUT2D eigenvalue weighted by molar-refractivity contribution is 4.88. The largest absolute Gasteiger partial charge is 0.391 e. The Bertz CT molecular complexity index is 226. The highest BCUT2D eigenvalue weighted by Gasteiger charge is 2.33. The monoisotopic (exact) mass is 240 g/mol. The number of aliphatic hydroxyl groups is 1. The Morgan fingerprint density at radius 3 is 2.59 bits per heavy atom. The first-order chi connectivity index (χ1) is 8.18. The first-order valence-electron chi connectivity index (χ1n) is 7.33. The van der Waals surface area contributed by atoms with Gasteiger partial charge in [-0.3, -0.25) is 4.90 Å². The molecule has 1 saturated carbocycles. The molecule has 1 aliphatic carbocycles. The first kappa shape index (κ1) is 13.3. The van der Waals surface area contributed by atoms with Crippen LogP contribution in [0.5, 0.6) is 0 Å². The fourth-order valence-corrected chi connectivity index (χ4v) is 3.41. The van der Waals surface area contributed by atoms with Crippen molar-refractivity contribution in [1.29, 1.82) is 0 Å². The molecule has 1 aliphatic heterocycles. The molecule has 2 N–H and O–H groups in total. The van der Waals surface area contributed by atoms with E-state index >= 15 is 0 Å². The zero-order valence-corrected chi connectivity index (χ0v) is 11.4. The van der Waals surface area contributed by atoms with Gasteiger partial charge in [-0.1, -0.05) is 0 Å². The Morgan fingerprint density at radius 2 is 2.06 bits per heavy atom. The fraction of sp³-hybridized carbons (Fsp3) is 1.00. The van der Waals surface area contributed by atoms with Gasteiger partial charge in [0.1, 0.15) is 0 Å². The molecule has 1 saturated heterocycles. The summed E-state index contributed by atoms with van der Waals surface area (Å²) < 4.78 is 0. The number of hydrogen-bond acceptors (Lipinski definition) is 3. The fourth-order valence-electron chi connectivity index (χ4n) is 3.41. The smallest absolute Gasteiger partial charge is 0.0695 e. The quantitative estimate of drug-likeness (QED) is 0.783. The number of nitrogens with zero attached hydrogens (tertiary/aromatic N) is 1. The first-order valence-corrected chi connectivity index (χ1v) is 7.33. The van der Waals surface area contributed by atoms with Gasteiger partial charge in [-0.25, -0.2) is 0 Å². The second kappa shape index (κ2) is 6.17. The van der Waals surface area contributed by atoms with Crippen LogP contribution in [0.1, 0.15) is 46.0 Å². The minimum atomic E-state index is -0.0889. The summed E-state index contributed by atoms with van der Waals surface area (Å²) in [5, 5.41) is 13.6. The van der Waals surface area contributed by atoms with Crippen molar-refractivity contribution < 1.29 is 5.11 Å². The molecule has 2 rings (SSSR count). The van der Waals surface area contributed by atoms with E-state index in [2.05, 4.69) is 24.1 Å². The summed E-state index contributed by atoms with van der Waals surface area (Å²) in [4.78, 5) is 2.55. The van der Waals surface area contributed by atoms with Crippen LogP contribution < -0.4 is 5.32 Å². The summed E-state index contributed by atoms with van der Waals surface area (Å²) in [6.07, 6.45) is 5.94. The number of piperidine rings is 1. The lowest BCUT2D eigenvalue weighted by Gasteiger charge is -2.38. The van der Waals surface area contributed by atoms with Gasteiger partial charge >= 0.3 is 0 Å². The lowest BCUT2D eigenvalue weighted by molar-refractivity contribution is 0.0383. The van der Waals surface area contributed by atoms with Gasteiger partial charge in [-0.05, 0) is 65.0 Å². The second-order valence-corrected chi connectivity index (χ2v) is 6.07. The molecule has 2 fully saturated rings. The molecule has 0 bridgehead atoms. The lowest BCUT2D eigenvalue weighted by atomic mass is 9.97. The third-order valence-electron chi connectivity index (χ3n) is 4.40. The lowest BCUT2D eigenvalue weighted by Crippen LogP contribution is -2.49. The van der Waals surface area contributed by atoms with Gasteiger partial charge in [0.25, 0.3) is 0 Å². The normalized spacial score (nSPS) is 34.8. The summed E-state index contributed by atoms with van der Waals surface area (Å²) >= 11 is 0. The van der Waals surface area contributed by atoms with Crippen LogP contribution in [-0.4, -0.2) is 47.8 Å². The summed E-state index contributed by atoms with van der Waals surface area (Å²) in [7, 11) is 0. The molecular formula is C14H28N2O. The summed E-state index contributed by atoms with van der Waals surface area (Å²) in [6.45, 7) is 8.03. The Morgan fingerprint density at radius 1 is 1.24 bits per heavy atom. The molecule has 0 amide bonds. The Balaban J connectivity index is 1.91. The van der Waals surface area contributed by atoms with Crippen LogP contribution in [0, 0.1) is 5.92 Å². The molecule has 100 valence electrons. The van der Waals surface area contributed by atoms with Gasteiger partial charge in [0, 0.05) is 18.6 Å². The average molecular weight is 240 g/mol. The Kier molecular flexibility index (Phi) is 4.83. The Labute approximate surface area is 106 Å². The van der Waals surface area contributed by atoms with Gasteiger partial charge in [-0.15, -0.1) is 0 Å². The standard InChI is InChI=1S/C14H28N2O/c1-11(2)16(13-6-3-7-14(13)17)10-12-5-4-8-15-9-12/h11-15,17H,3-10H2,1-2H3. The Hall–Kier alpha value is -0.120. The van der Waals surface area contributed by atoms with Crippen LogP contribution in [0.2, 0.25) is 0 Å². The second-order valence-electron chi connectivity index (χ2n) is 6.07. The summed E-state index contributed by atoms with van der Waals surface area (Å²) in [5.74, 6) is 0.777. The van der Waals surface area contributed by atoms with Crippen LogP contribution in [0.3, 0.4) is 0 Å². The van der Waals surface area contributed by atoms with Crippen molar-refractivity contribution in [3.8, 4) is 0 Å².